The molecule has 0 saturated carbocycles. The fourth-order valence-corrected chi connectivity index (χ4v) is 1.91. The van der Waals surface area contributed by atoms with Crippen LogP contribution in [0.3, 0.4) is 0 Å². The largest absolute Gasteiger partial charge is 0.480 e. The number of carbonyl (C=O) groups excluding carboxylic acids is 1. The van der Waals surface area contributed by atoms with Crippen molar-refractivity contribution < 1.29 is 27.5 Å². The summed E-state index contributed by atoms with van der Waals surface area (Å²) in [4.78, 5) is 22.5. The molecule has 1 amide bonds. The number of amides is 1. The number of rotatable bonds is 5. The summed E-state index contributed by atoms with van der Waals surface area (Å²) in [6.45, 7) is 1.23. The minimum Gasteiger partial charge on any atom is -0.480 e. The lowest BCUT2D eigenvalue weighted by molar-refractivity contribution is -0.138. The molecule has 0 fully saturated rings. The number of hydrogen-bond acceptors (Lipinski definition) is 4. The highest BCUT2D eigenvalue weighted by atomic mass is 32.2. The summed E-state index contributed by atoms with van der Waals surface area (Å²) in [7, 11) is -3.66. The van der Waals surface area contributed by atoms with Gasteiger partial charge < -0.3 is 10.4 Å². The molecule has 0 saturated heterocycles. The van der Waals surface area contributed by atoms with Crippen molar-refractivity contribution in [2.75, 3.05) is 11.0 Å². The van der Waals surface area contributed by atoms with Gasteiger partial charge in [0.15, 0.2) is 0 Å². The number of carboxylic acids is 1. The molecule has 1 unspecified atom stereocenters. The number of carbonyl (C=O) groups is 2. The van der Waals surface area contributed by atoms with Gasteiger partial charge in [0.1, 0.15) is 11.9 Å². The van der Waals surface area contributed by atoms with E-state index in [-0.39, 0.29) is 11.3 Å². The highest BCUT2D eigenvalue weighted by Crippen LogP contribution is 2.18. The first-order chi connectivity index (χ1) is 9.10. The summed E-state index contributed by atoms with van der Waals surface area (Å²) in [5.41, 5.74) is -0.437. The second-order valence-electron chi connectivity index (χ2n) is 4.10. The first-order valence-corrected chi connectivity index (χ1v) is 7.30. The van der Waals surface area contributed by atoms with Gasteiger partial charge in [0.05, 0.1) is 17.5 Å². The fraction of sp³-hybridized carbons (Fsp3) is 0.273. The molecule has 1 rings (SSSR count). The van der Waals surface area contributed by atoms with E-state index in [1.807, 2.05) is 0 Å². The molecule has 0 aliphatic rings. The van der Waals surface area contributed by atoms with E-state index < -0.39 is 33.8 Å². The number of aliphatic carboxylic acids is 1. The van der Waals surface area contributed by atoms with Gasteiger partial charge in [-0.3, -0.25) is 14.3 Å². The highest BCUT2D eigenvalue weighted by molar-refractivity contribution is 7.92. The lowest BCUT2D eigenvalue weighted by Gasteiger charge is -2.13. The number of hydrogen-bond donors (Lipinski definition) is 3. The predicted molar refractivity (Wildman–Crippen MR) is 69.4 cm³/mol. The Balaban J connectivity index is 3.12. The van der Waals surface area contributed by atoms with Gasteiger partial charge in [-0.25, -0.2) is 12.8 Å². The van der Waals surface area contributed by atoms with E-state index >= 15 is 0 Å². The molecule has 0 heterocycles. The van der Waals surface area contributed by atoms with E-state index in [4.69, 9.17) is 5.11 Å². The van der Waals surface area contributed by atoms with Crippen molar-refractivity contribution in [2.45, 2.75) is 13.0 Å². The summed E-state index contributed by atoms with van der Waals surface area (Å²) in [5.74, 6) is -2.92. The summed E-state index contributed by atoms with van der Waals surface area (Å²) in [5, 5.41) is 10.8. The summed E-state index contributed by atoms with van der Waals surface area (Å²) >= 11 is 0. The molecule has 1 aromatic carbocycles. The van der Waals surface area contributed by atoms with E-state index in [2.05, 4.69) is 10.0 Å². The van der Waals surface area contributed by atoms with Crippen molar-refractivity contribution in [1.29, 1.82) is 0 Å². The number of carboxylic acid groups (broad SMARTS) is 1. The van der Waals surface area contributed by atoms with Crippen LogP contribution in [0.4, 0.5) is 10.1 Å². The Hall–Kier alpha value is -2.16. The van der Waals surface area contributed by atoms with Crippen molar-refractivity contribution >= 4 is 27.6 Å². The van der Waals surface area contributed by atoms with Crippen LogP contribution in [0.15, 0.2) is 18.2 Å². The molecule has 3 N–H and O–H groups in total. The highest BCUT2D eigenvalue weighted by Gasteiger charge is 2.19. The zero-order valence-electron chi connectivity index (χ0n) is 10.7. The van der Waals surface area contributed by atoms with Crippen molar-refractivity contribution in [1.82, 2.24) is 5.32 Å². The van der Waals surface area contributed by atoms with Crippen LogP contribution in [0, 0.1) is 5.82 Å². The van der Waals surface area contributed by atoms with Crippen molar-refractivity contribution in [3.63, 3.8) is 0 Å². The van der Waals surface area contributed by atoms with Gasteiger partial charge in [0.25, 0.3) is 5.91 Å². The standard InChI is InChI=1S/C11H13FN2O5S/c1-6(11(16)17)13-10(15)8-5-7(12)3-4-9(8)14-20(2,18)19/h3-6,14H,1-2H3,(H,13,15)(H,16,17). The lowest BCUT2D eigenvalue weighted by Crippen LogP contribution is -2.38. The maximum absolute atomic E-state index is 13.2. The van der Waals surface area contributed by atoms with E-state index in [1.165, 1.54) is 6.92 Å². The van der Waals surface area contributed by atoms with Gasteiger partial charge in [0, 0.05) is 0 Å². The van der Waals surface area contributed by atoms with Gasteiger partial charge in [-0.2, -0.15) is 0 Å². The molecule has 7 nitrogen and oxygen atoms in total. The second-order valence-corrected chi connectivity index (χ2v) is 5.85. The summed E-state index contributed by atoms with van der Waals surface area (Å²) < 4.78 is 37.5. The minimum atomic E-state index is -3.66. The molecule has 0 spiro atoms. The van der Waals surface area contributed by atoms with Crippen LogP contribution in [0.1, 0.15) is 17.3 Å². The van der Waals surface area contributed by atoms with Gasteiger partial charge in [0.2, 0.25) is 10.0 Å². The number of anilines is 1. The Kier molecular flexibility index (Phi) is 4.66. The molecular formula is C11H13FN2O5S. The quantitative estimate of drug-likeness (QED) is 0.729. The van der Waals surface area contributed by atoms with Gasteiger partial charge in [-0.1, -0.05) is 0 Å². The predicted octanol–water partition coefficient (Wildman–Crippen LogP) is 0.400. The van der Waals surface area contributed by atoms with E-state index in [9.17, 15) is 22.4 Å². The Morgan fingerprint density at radius 3 is 2.45 bits per heavy atom. The second kappa shape index (κ2) is 5.87. The maximum atomic E-state index is 13.2. The van der Waals surface area contributed by atoms with Crippen LogP contribution in [-0.2, 0) is 14.8 Å². The molecule has 1 atom stereocenters. The Morgan fingerprint density at radius 2 is 1.95 bits per heavy atom. The zero-order valence-corrected chi connectivity index (χ0v) is 11.5. The Labute approximate surface area is 114 Å². The number of benzene rings is 1. The van der Waals surface area contributed by atoms with E-state index in [0.717, 1.165) is 24.5 Å². The van der Waals surface area contributed by atoms with Crippen LogP contribution >= 0.6 is 0 Å². The number of halogens is 1. The Bertz CT molecular complexity index is 644. The van der Waals surface area contributed by atoms with Crippen molar-refractivity contribution in [3.05, 3.63) is 29.6 Å². The molecule has 9 heteroatoms. The number of nitrogens with one attached hydrogen (secondary N) is 2. The Morgan fingerprint density at radius 1 is 1.35 bits per heavy atom. The van der Waals surface area contributed by atoms with Crippen LogP contribution in [-0.4, -0.2) is 37.7 Å². The SMILES string of the molecule is CC(NC(=O)c1cc(F)ccc1NS(C)(=O)=O)C(=O)O. The molecule has 0 aliphatic carbocycles. The molecule has 20 heavy (non-hydrogen) atoms. The topological polar surface area (TPSA) is 113 Å². The van der Waals surface area contributed by atoms with Crippen LogP contribution in [0.25, 0.3) is 0 Å². The third-order valence-corrected chi connectivity index (χ3v) is 2.83. The van der Waals surface area contributed by atoms with Gasteiger partial charge >= 0.3 is 5.97 Å². The first-order valence-electron chi connectivity index (χ1n) is 5.41. The van der Waals surface area contributed by atoms with Gasteiger partial charge in [-0.05, 0) is 25.1 Å². The smallest absolute Gasteiger partial charge is 0.325 e. The molecule has 0 aliphatic heterocycles. The molecule has 0 aromatic heterocycles. The first kappa shape index (κ1) is 15.9. The van der Waals surface area contributed by atoms with Crippen molar-refractivity contribution in [3.8, 4) is 0 Å². The molecule has 0 bridgehead atoms. The van der Waals surface area contributed by atoms with Gasteiger partial charge in [-0.15, -0.1) is 0 Å². The third-order valence-electron chi connectivity index (χ3n) is 2.24. The molecule has 110 valence electrons. The molecule has 0 radical (unpaired) electrons. The average Bonchev–Trinajstić information content (AvgIpc) is 2.29. The zero-order chi connectivity index (χ0) is 15.5. The average molecular weight is 304 g/mol. The lowest BCUT2D eigenvalue weighted by atomic mass is 10.1. The minimum absolute atomic E-state index is 0.135. The van der Waals surface area contributed by atoms with Crippen LogP contribution in [0.2, 0.25) is 0 Å². The third kappa shape index (κ3) is 4.50. The fourth-order valence-electron chi connectivity index (χ4n) is 1.33. The van der Waals surface area contributed by atoms with Crippen LogP contribution < -0.4 is 10.0 Å². The summed E-state index contributed by atoms with van der Waals surface area (Å²) in [6, 6.07) is 1.68. The maximum Gasteiger partial charge on any atom is 0.325 e. The molecule has 1 aromatic rings. The summed E-state index contributed by atoms with van der Waals surface area (Å²) in [6.07, 6.45) is 0.873. The van der Waals surface area contributed by atoms with E-state index in [1.54, 1.807) is 0 Å². The van der Waals surface area contributed by atoms with Crippen LogP contribution in [0.5, 0.6) is 0 Å². The van der Waals surface area contributed by atoms with E-state index in [0.29, 0.717) is 0 Å². The monoisotopic (exact) mass is 304 g/mol. The van der Waals surface area contributed by atoms with Crippen molar-refractivity contribution in [2.24, 2.45) is 0 Å². The normalized spacial score (nSPS) is 12.6. The number of sulfonamides is 1. The molecular weight excluding hydrogens is 291 g/mol.